The topological polar surface area (TPSA) is 140 Å². The number of aromatic nitrogens is 3. The van der Waals surface area contributed by atoms with Crippen LogP contribution in [0.15, 0.2) is 54.9 Å². The van der Waals surface area contributed by atoms with Gasteiger partial charge in [-0.2, -0.15) is 0 Å². The van der Waals surface area contributed by atoms with E-state index in [0.29, 0.717) is 77.0 Å². The average Bonchev–Trinajstić information content (AvgIpc) is 3.53. The number of hydrogen-bond donors (Lipinski definition) is 3. The number of carbonyl (C=O) groups excluding carboxylic acids is 2. The molecule has 5 heterocycles. The normalized spacial score (nSPS) is 16.2. The Balaban J connectivity index is 1.18. The zero-order chi connectivity index (χ0) is 35.2. The third-order valence-electron chi connectivity index (χ3n) is 9.16. The summed E-state index contributed by atoms with van der Waals surface area (Å²) in [6.45, 7) is 6.38. The van der Waals surface area contributed by atoms with Gasteiger partial charge in [0.1, 0.15) is 11.4 Å². The van der Waals surface area contributed by atoms with E-state index in [0.717, 1.165) is 48.4 Å². The Morgan fingerprint density at radius 3 is 2.64 bits per heavy atom. The van der Waals surface area contributed by atoms with E-state index in [4.69, 9.17) is 30.8 Å². The molecule has 0 saturated carbocycles. The Bertz CT molecular complexity index is 1870. The van der Waals surface area contributed by atoms with Crippen LogP contribution in [0, 0.1) is 12.8 Å². The van der Waals surface area contributed by atoms with E-state index in [2.05, 4.69) is 30.8 Å². The molecule has 6 rings (SSSR count). The van der Waals surface area contributed by atoms with Gasteiger partial charge in [-0.25, -0.2) is 9.97 Å². The summed E-state index contributed by atoms with van der Waals surface area (Å²) in [5, 5.41) is 9.81. The fourth-order valence-electron chi connectivity index (χ4n) is 6.49. The molecule has 1 aromatic carbocycles. The number of pyridine rings is 3. The van der Waals surface area contributed by atoms with Crippen molar-refractivity contribution in [3.63, 3.8) is 0 Å². The second-order valence-electron chi connectivity index (χ2n) is 12.6. The molecule has 2 amide bonds. The molecule has 3 N–H and O–H groups in total. The van der Waals surface area contributed by atoms with Gasteiger partial charge in [-0.1, -0.05) is 29.8 Å². The number of likely N-dealkylation sites (tertiary alicyclic amines) is 1. The van der Waals surface area contributed by atoms with Crippen LogP contribution in [0.2, 0.25) is 5.02 Å². The molecular weight excluding hydrogens is 658 g/mol. The molecule has 2 aliphatic heterocycles. The maximum absolute atomic E-state index is 13.5. The molecular formula is C37H42ClN7O5. The van der Waals surface area contributed by atoms with Crippen LogP contribution in [0.1, 0.15) is 40.0 Å². The van der Waals surface area contributed by atoms with Crippen LogP contribution < -0.4 is 25.4 Å². The van der Waals surface area contributed by atoms with E-state index in [1.165, 1.54) is 0 Å². The smallest absolute Gasteiger partial charge is 0.274 e. The van der Waals surface area contributed by atoms with Crippen LogP contribution in [0.3, 0.4) is 0 Å². The lowest BCUT2D eigenvalue weighted by molar-refractivity contribution is -0.119. The molecule has 3 aromatic heterocycles. The molecule has 4 aromatic rings. The van der Waals surface area contributed by atoms with Crippen molar-refractivity contribution < 1.29 is 23.8 Å². The van der Waals surface area contributed by atoms with Gasteiger partial charge in [-0.05, 0) is 43.2 Å². The summed E-state index contributed by atoms with van der Waals surface area (Å²) in [6, 6.07) is 13.2. The highest BCUT2D eigenvalue weighted by Gasteiger charge is 2.28. The van der Waals surface area contributed by atoms with Crippen molar-refractivity contribution in [2.45, 2.75) is 38.9 Å². The molecule has 50 heavy (non-hydrogen) atoms. The fourth-order valence-corrected chi connectivity index (χ4v) is 6.80. The predicted molar refractivity (Wildman–Crippen MR) is 191 cm³/mol. The zero-order valence-corrected chi connectivity index (χ0v) is 29.5. The Morgan fingerprint density at radius 1 is 1.06 bits per heavy atom. The van der Waals surface area contributed by atoms with E-state index in [1.807, 2.05) is 43.3 Å². The van der Waals surface area contributed by atoms with Crippen molar-refractivity contribution >= 4 is 29.1 Å². The maximum Gasteiger partial charge on any atom is 0.274 e. The van der Waals surface area contributed by atoms with Crippen molar-refractivity contribution in [2.75, 3.05) is 52.9 Å². The standard InChI is InChI=1S/C37H42ClN7O5/c1-22-27(6-5-7-29(22)43-36(47)31-14-25(32(49-3)17-41-31)20-45-18-23(19-45)21-48-2)35-34(38)28(12-13-40-35)30-10-8-24(37(44-30)50-4)15-39-16-26-9-11-33(46)42-26/h5-8,10,12-14,17,23,26,39H,9,11,15-16,18-21H2,1-4H3,(H,42,46)(H,43,47). The number of nitrogens with one attached hydrogen (secondary N) is 3. The van der Waals surface area contributed by atoms with Gasteiger partial charge in [0, 0.05) is 92.4 Å². The summed E-state index contributed by atoms with van der Waals surface area (Å²) in [7, 11) is 4.91. The number of carbonyl (C=O) groups is 2. The van der Waals surface area contributed by atoms with Crippen LogP contribution >= 0.6 is 11.6 Å². The van der Waals surface area contributed by atoms with E-state index in [-0.39, 0.29) is 17.9 Å². The highest BCUT2D eigenvalue weighted by atomic mass is 35.5. The first-order valence-electron chi connectivity index (χ1n) is 16.6. The molecule has 0 radical (unpaired) electrons. The number of methoxy groups -OCH3 is 3. The van der Waals surface area contributed by atoms with Gasteiger partial charge in [0.05, 0.1) is 43.4 Å². The second kappa shape index (κ2) is 15.9. The molecule has 1 unspecified atom stereocenters. The Morgan fingerprint density at radius 2 is 1.90 bits per heavy atom. The third kappa shape index (κ3) is 7.89. The van der Waals surface area contributed by atoms with Crippen LogP contribution in [-0.4, -0.2) is 85.3 Å². The molecule has 1 atom stereocenters. The van der Waals surface area contributed by atoms with Crippen LogP contribution in [0.25, 0.3) is 22.5 Å². The van der Waals surface area contributed by atoms with Gasteiger partial charge in [0.25, 0.3) is 5.91 Å². The SMILES string of the molecule is COCC1CN(Cc2cc(C(=O)Nc3cccc(-c4nccc(-c5ccc(CNCC6CCC(=O)N6)c(OC)n5)c4Cl)c3C)ncc2OC)C1. The summed E-state index contributed by atoms with van der Waals surface area (Å²) in [5.41, 5.74) is 6.17. The highest BCUT2D eigenvalue weighted by molar-refractivity contribution is 6.35. The number of nitrogens with zero attached hydrogens (tertiary/aromatic N) is 4. The van der Waals surface area contributed by atoms with Crippen LogP contribution in [0.5, 0.6) is 11.6 Å². The van der Waals surface area contributed by atoms with Crippen molar-refractivity contribution in [3.05, 3.63) is 82.3 Å². The van der Waals surface area contributed by atoms with Gasteiger partial charge in [-0.15, -0.1) is 0 Å². The molecule has 0 bridgehead atoms. The number of halogens is 1. The van der Waals surface area contributed by atoms with E-state index in [9.17, 15) is 9.59 Å². The minimum atomic E-state index is -0.332. The molecule has 0 spiro atoms. The first kappa shape index (κ1) is 35.2. The molecule has 262 valence electrons. The largest absolute Gasteiger partial charge is 0.495 e. The van der Waals surface area contributed by atoms with Gasteiger partial charge in [0.15, 0.2) is 0 Å². The molecule has 2 saturated heterocycles. The van der Waals surface area contributed by atoms with Crippen LogP contribution in [0.4, 0.5) is 5.69 Å². The number of benzene rings is 1. The lowest BCUT2D eigenvalue weighted by Gasteiger charge is -2.39. The van der Waals surface area contributed by atoms with E-state index >= 15 is 0 Å². The first-order valence-corrected chi connectivity index (χ1v) is 17.0. The summed E-state index contributed by atoms with van der Waals surface area (Å²) in [4.78, 5) is 41.1. The van der Waals surface area contributed by atoms with Gasteiger partial charge in [0.2, 0.25) is 11.8 Å². The van der Waals surface area contributed by atoms with Gasteiger partial charge < -0.3 is 30.2 Å². The third-order valence-corrected chi connectivity index (χ3v) is 9.54. The van der Waals surface area contributed by atoms with Gasteiger partial charge in [-0.3, -0.25) is 19.5 Å². The lowest BCUT2D eigenvalue weighted by Crippen LogP contribution is -2.47. The number of ether oxygens (including phenoxy) is 3. The summed E-state index contributed by atoms with van der Waals surface area (Å²) in [5.74, 6) is 1.40. The number of hydrogen-bond acceptors (Lipinski definition) is 10. The summed E-state index contributed by atoms with van der Waals surface area (Å²) < 4.78 is 16.4. The maximum atomic E-state index is 13.5. The molecule has 13 heteroatoms. The van der Waals surface area contributed by atoms with Crippen LogP contribution in [-0.2, 0) is 22.6 Å². The lowest BCUT2D eigenvalue weighted by atomic mass is 10.00. The minimum Gasteiger partial charge on any atom is -0.495 e. The zero-order valence-electron chi connectivity index (χ0n) is 28.7. The Labute approximate surface area is 296 Å². The summed E-state index contributed by atoms with van der Waals surface area (Å²) in [6.07, 6.45) is 4.68. The quantitative estimate of drug-likeness (QED) is 0.167. The average molecular weight is 700 g/mol. The second-order valence-corrected chi connectivity index (χ2v) is 13.0. The molecule has 0 aliphatic carbocycles. The fraction of sp³-hybridized carbons (Fsp3) is 0.378. The number of rotatable bonds is 14. The van der Waals surface area contributed by atoms with Crippen molar-refractivity contribution in [1.29, 1.82) is 0 Å². The monoisotopic (exact) mass is 699 g/mol. The van der Waals surface area contributed by atoms with E-state index < -0.39 is 0 Å². The number of amides is 2. The first-order chi connectivity index (χ1) is 24.3. The number of anilines is 1. The Kier molecular flexibility index (Phi) is 11.2. The Hall–Kier alpha value is -4.62. The minimum absolute atomic E-state index is 0.0929. The highest BCUT2D eigenvalue weighted by Crippen LogP contribution is 2.38. The predicted octanol–water partition coefficient (Wildman–Crippen LogP) is 4.88. The van der Waals surface area contributed by atoms with Gasteiger partial charge >= 0.3 is 0 Å². The van der Waals surface area contributed by atoms with Crippen molar-refractivity contribution in [1.82, 2.24) is 30.5 Å². The van der Waals surface area contributed by atoms with Crippen molar-refractivity contribution in [3.8, 4) is 34.1 Å². The summed E-state index contributed by atoms with van der Waals surface area (Å²) >= 11 is 7.03. The molecule has 12 nitrogen and oxygen atoms in total. The molecule has 2 fully saturated rings. The van der Waals surface area contributed by atoms with Crippen molar-refractivity contribution in [2.24, 2.45) is 5.92 Å². The van der Waals surface area contributed by atoms with E-state index in [1.54, 1.807) is 39.8 Å². The molecule has 2 aliphatic rings.